The SMILES string of the molecule is COC(=O)[C@H]1[C@H](C)C(C)(OC)O[C@]12OC(=O)C=C2OC. The first-order valence-electron chi connectivity index (χ1n) is 6.17. The van der Waals surface area contributed by atoms with Gasteiger partial charge in [0.25, 0.3) is 5.79 Å². The van der Waals surface area contributed by atoms with Gasteiger partial charge in [-0.25, -0.2) is 4.79 Å². The quantitative estimate of drug-likeness (QED) is 0.702. The molecular formula is C13H18O7. The number of hydrogen-bond acceptors (Lipinski definition) is 7. The zero-order valence-corrected chi connectivity index (χ0v) is 12.1. The van der Waals surface area contributed by atoms with Gasteiger partial charge in [0.2, 0.25) is 0 Å². The van der Waals surface area contributed by atoms with Crippen LogP contribution in [-0.4, -0.2) is 44.8 Å². The molecule has 0 aromatic rings. The molecule has 2 aliphatic heterocycles. The number of rotatable bonds is 3. The van der Waals surface area contributed by atoms with Gasteiger partial charge in [-0.15, -0.1) is 0 Å². The highest BCUT2D eigenvalue weighted by molar-refractivity contribution is 5.88. The molecule has 0 aromatic carbocycles. The lowest BCUT2D eigenvalue weighted by atomic mass is 9.84. The second-order valence-electron chi connectivity index (χ2n) is 4.91. The van der Waals surface area contributed by atoms with Gasteiger partial charge >= 0.3 is 11.9 Å². The smallest absolute Gasteiger partial charge is 0.337 e. The summed E-state index contributed by atoms with van der Waals surface area (Å²) in [6.45, 7) is 3.43. The van der Waals surface area contributed by atoms with E-state index in [1.165, 1.54) is 21.3 Å². The summed E-state index contributed by atoms with van der Waals surface area (Å²) < 4.78 is 26.4. The Morgan fingerprint density at radius 1 is 1.35 bits per heavy atom. The highest BCUT2D eigenvalue weighted by Crippen LogP contribution is 2.53. The monoisotopic (exact) mass is 286 g/mol. The lowest BCUT2D eigenvalue weighted by molar-refractivity contribution is -0.294. The minimum Gasteiger partial charge on any atom is -0.494 e. The van der Waals surface area contributed by atoms with E-state index in [2.05, 4.69) is 0 Å². The van der Waals surface area contributed by atoms with Crippen LogP contribution in [0.1, 0.15) is 13.8 Å². The summed E-state index contributed by atoms with van der Waals surface area (Å²) in [7, 11) is 4.09. The molecule has 112 valence electrons. The van der Waals surface area contributed by atoms with Crippen LogP contribution in [-0.2, 0) is 33.3 Å². The number of ether oxygens (including phenoxy) is 5. The third-order valence-electron chi connectivity index (χ3n) is 4.02. The van der Waals surface area contributed by atoms with E-state index in [9.17, 15) is 9.59 Å². The molecule has 0 saturated carbocycles. The first-order valence-corrected chi connectivity index (χ1v) is 6.17. The van der Waals surface area contributed by atoms with Crippen LogP contribution < -0.4 is 0 Å². The Kier molecular flexibility index (Phi) is 3.51. The van der Waals surface area contributed by atoms with E-state index in [4.69, 9.17) is 23.7 Å². The van der Waals surface area contributed by atoms with Crippen molar-refractivity contribution in [3.05, 3.63) is 11.8 Å². The van der Waals surface area contributed by atoms with Crippen LogP contribution in [0.2, 0.25) is 0 Å². The highest BCUT2D eigenvalue weighted by atomic mass is 16.8. The lowest BCUT2D eigenvalue weighted by Crippen LogP contribution is -2.44. The van der Waals surface area contributed by atoms with Crippen LogP contribution >= 0.6 is 0 Å². The molecule has 0 bridgehead atoms. The first-order chi connectivity index (χ1) is 9.34. The van der Waals surface area contributed by atoms with Gasteiger partial charge in [-0.2, -0.15) is 0 Å². The van der Waals surface area contributed by atoms with E-state index in [1.807, 2.05) is 0 Å². The summed E-state index contributed by atoms with van der Waals surface area (Å²) in [6.07, 6.45) is 1.16. The fourth-order valence-electron chi connectivity index (χ4n) is 2.73. The molecule has 2 heterocycles. The molecule has 20 heavy (non-hydrogen) atoms. The normalized spacial score (nSPS) is 39.6. The first kappa shape index (κ1) is 14.8. The summed E-state index contributed by atoms with van der Waals surface area (Å²) in [5.41, 5.74) is 0. The highest BCUT2D eigenvalue weighted by Gasteiger charge is 2.69. The molecular weight excluding hydrogens is 268 g/mol. The molecule has 0 N–H and O–H groups in total. The van der Waals surface area contributed by atoms with Crippen LogP contribution in [0, 0.1) is 11.8 Å². The molecule has 2 rings (SSSR count). The van der Waals surface area contributed by atoms with Crippen molar-refractivity contribution >= 4 is 11.9 Å². The summed E-state index contributed by atoms with van der Waals surface area (Å²) >= 11 is 0. The Hall–Kier alpha value is -1.60. The van der Waals surface area contributed by atoms with Gasteiger partial charge in [0, 0.05) is 13.0 Å². The molecule has 1 unspecified atom stereocenters. The van der Waals surface area contributed by atoms with Crippen molar-refractivity contribution in [1.82, 2.24) is 0 Å². The van der Waals surface area contributed by atoms with Crippen LogP contribution in [0.4, 0.5) is 0 Å². The Bertz CT molecular complexity index is 471. The molecule has 4 atom stereocenters. The van der Waals surface area contributed by atoms with Crippen molar-refractivity contribution < 1.29 is 33.3 Å². The zero-order chi connectivity index (χ0) is 15.1. The summed E-state index contributed by atoms with van der Waals surface area (Å²) in [6, 6.07) is 0. The zero-order valence-electron chi connectivity index (χ0n) is 12.1. The second-order valence-corrected chi connectivity index (χ2v) is 4.91. The lowest BCUT2D eigenvalue weighted by Gasteiger charge is -2.30. The Morgan fingerprint density at radius 2 is 2.00 bits per heavy atom. The fourth-order valence-corrected chi connectivity index (χ4v) is 2.73. The van der Waals surface area contributed by atoms with Crippen LogP contribution in [0.15, 0.2) is 11.8 Å². The van der Waals surface area contributed by atoms with Gasteiger partial charge in [-0.3, -0.25) is 4.79 Å². The average molecular weight is 286 g/mol. The van der Waals surface area contributed by atoms with E-state index in [0.29, 0.717) is 0 Å². The molecule has 7 nitrogen and oxygen atoms in total. The second kappa shape index (κ2) is 4.75. The van der Waals surface area contributed by atoms with Crippen LogP contribution in [0.25, 0.3) is 0 Å². The molecule has 1 spiro atoms. The van der Waals surface area contributed by atoms with Crippen molar-refractivity contribution in [3.63, 3.8) is 0 Å². The van der Waals surface area contributed by atoms with Gasteiger partial charge in [0.1, 0.15) is 5.92 Å². The average Bonchev–Trinajstić information content (AvgIpc) is 2.84. The van der Waals surface area contributed by atoms with Gasteiger partial charge in [-0.1, -0.05) is 6.92 Å². The van der Waals surface area contributed by atoms with Gasteiger partial charge < -0.3 is 23.7 Å². The number of esters is 2. The molecule has 0 aliphatic carbocycles. The van der Waals surface area contributed by atoms with Crippen molar-refractivity contribution in [3.8, 4) is 0 Å². The summed E-state index contributed by atoms with van der Waals surface area (Å²) in [5, 5.41) is 0. The maximum absolute atomic E-state index is 12.1. The molecule has 2 aliphatic rings. The third kappa shape index (κ3) is 1.81. The predicted octanol–water partition coefficient (Wildman–Crippen LogP) is 0.588. The Balaban J connectivity index is 2.53. The summed E-state index contributed by atoms with van der Waals surface area (Å²) in [4.78, 5) is 23.7. The van der Waals surface area contributed by atoms with Crippen LogP contribution in [0.5, 0.6) is 0 Å². The maximum Gasteiger partial charge on any atom is 0.337 e. The number of hydrogen-bond donors (Lipinski definition) is 0. The molecule has 0 amide bonds. The third-order valence-corrected chi connectivity index (χ3v) is 4.02. The van der Waals surface area contributed by atoms with Crippen molar-refractivity contribution in [1.29, 1.82) is 0 Å². The van der Waals surface area contributed by atoms with Crippen molar-refractivity contribution in [2.75, 3.05) is 21.3 Å². The van der Waals surface area contributed by atoms with Crippen molar-refractivity contribution in [2.24, 2.45) is 11.8 Å². The minimum atomic E-state index is -1.64. The van der Waals surface area contributed by atoms with Crippen molar-refractivity contribution in [2.45, 2.75) is 25.4 Å². The largest absolute Gasteiger partial charge is 0.494 e. The summed E-state index contributed by atoms with van der Waals surface area (Å²) in [5.74, 6) is -5.10. The maximum atomic E-state index is 12.1. The van der Waals surface area contributed by atoms with Gasteiger partial charge in [0.05, 0.1) is 20.3 Å². The Labute approximate surface area is 116 Å². The number of methoxy groups -OCH3 is 3. The molecule has 1 fully saturated rings. The van der Waals surface area contributed by atoms with Gasteiger partial charge in [-0.05, 0) is 6.92 Å². The van der Waals surface area contributed by atoms with E-state index in [1.54, 1.807) is 13.8 Å². The Morgan fingerprint density at radius 3 is 2.50 bits per heavy atom. The molecule has 7 heteroatoms. The number of carbonyl (C=O) groups excluding carboxylic acids is 2. The van der Waals surface area contributed by atoms with E-state index in [0.717, 1.165) is 6.08 Å². The predicted molar refractivity (Wildman–Crippen MR) is 65.1 cm³/mol. The standard InChI is InChI=1S/C13H18O7/c1-7-10(11(15)17-4)13(20-12(7,2)18-5)8(16-3)6-9(14)19-13/h6-7,10H,1-5H3/t7-,10+,12?,13-/m0/s1. The molecule has 0 aromatic heterocycles. The van der Waals surface area contributed by atoms with Gasteiger partial charge in [0.15, 0.2) is 11.5 Å². The van der Waals surface area contributed by atoms with E-state index in [-0.39, 0.29) is 5.76 Å². The fraction of sp³-hybridized carbons (Fsp3) is 0.692. The number of carbonyl (C=O) groups is 2. The van der Waals surface area contributed by atoms with E-state index >= 15 is 0 Å². The van der Waals surface area contributed by atoms with Crippen LogP contribution in [0.3, 0.4) is 0 Å². The van der Waals surface area contributed by atoms with E-state index < -0.39 is 35.3 Å². The molecule has 0 radical (unpaired) electrons. The minimum absolute atomic E-state index is 0.130. The topological polar surface area (TPSA) is 80.3 Å². The molecule has 1 saturated heterocycles.